The number of carbonyl (C=O) groups is 1. The number of nitrogens with one attached hydrogen (secondary N) is 1. The smallest absolute Gasteiger partial charge is 0.339 e. The lowest BCUT2D eigenvalue weighted by atomic mass is 10.1. The van der Waals surface area contributed by atoms with Crippen molar-refractivity contribution in [3.05, 3.63) is 69.4 Å². The van der Waals surface area contributed by atoms with Crippen molar-refractivity contribution in [1.29, 1.82) is 0 Å². The number of nitrogens with zero attached hydrogens (tertiary/aromatic N) is 2. The van der Waals surface area contributed by atoms with E-state index in [9.17, 15) is 20.0 Å². The van der Waals surface area contributed by atoms with E-state index in [-0.39, 0.29) is 29.3 Å². The minimum atomic E-state index is -1.17. The monoisotopic (exact) mass is 379 g/mol. The molecule has 7 nitrogen and oxygen atoms in total. The minimum absolute atomic E-state index is 0. The third-order valence-corrected chi connectivity index (χ3v) is 3.62. The first-order chi connectivity index (χ1) is 11.5. The van der Waals surface area contributed by atoms with E-state index in [0.717, 1.165) is 0 Å². The number of hydrogen-bond acceptors (Lipinski definition) is 5. The average Bonchev–Trinajstić information content (AvgIpc) is 2.55. The number of halogens is 2. The summed E-state index contributed by atoms with van der Waals surface area (Å²) < 4.78 is 0. The summed E-state index contributed by atoms with van der Waals surface area (Å²) in [5.74, 6) is -1.17. The molecule has 0 aliphatic carbocycles. The van der Waals surface area contributed by atoms with Gasteiger partial charge in [0.05, 0.1) is 16.1 Å². The van der Waals surface area contributed by atoms with Gasteiger partial charge in [0.15, 0.2) is 0 Å². The average molecular weight is 380 g/mol. The Morgan fingerprint density at radius 2 is 2.00 bits per heavy atom. The third kappa shape index (κ3) is 3.78. The van der Waals surface area contributed by atoms with Crippen molar-refractivity contribution in [2.75, 3.05) is 5.32 Å². The van der Waals surface area contributed by atoms with Crippen LogP contribution < -0.4 is 5.32 Å². The van der Waals surface area contributed by atoms with Gasteiger partial charge < -0.3 is 10.4 Å². The van der Waals surface area contributed by atoms with E-state index in [1.54, 1.807) is 24.3 Å². The Balaban J connectivity index is 0.00000225. The van der Waals surface area contributed by atoms with E-state index in [4.69, 9.17) is 11.6 Å². The zero-order valence-electron chi connectivity index (χ0n) is 12.5. The van der Waals surface area contributed by atoms with Crippen LogP contribution in [-0.4, -0.2) is 21.0 Å². The van der Waals surface area contributed by atoms with Gasteiger partial charge in [0.25, 0.3) is 5.69 Å². The molecule has 0 spiro atoms. The lowest BCUT2D eigenvalue weighted by molar-refractivity contribution is -0.384. The van der Waals surface area contributed by atoms with Crippen LogP contribution in [-0.2, 0) is 0 Å². The van der Waals surface area contributed by atoms with Gasteiger partial charge in [-0.15, -0.1) is 12.4 Å². The Morgan fingerprint density at radius 3 is 2.68 bits per heavy atom. The number of pyridine rings is 1. The molecule has 2 aromatic carbocycles. The van der Waals surface area contributed by atoms with Crippen LogP contribution in [0.1, 0.15) is 10.4 Å². The SMILES string of the molecule is Cl.O=C(O)c1cnc2ccc(Cl)cc2c1Nc1cccc([N+](=O)[O-])c1. The number of nitro groups is 1. The van der Waals surface area contributed by atoms with E-state index >= 15 is 0 Å². The highest BCUT2D eigenvalue weighted by atomic mass is 35.5. The van der Waals surface area contributed by atoms with Gasteiger partial charge >= 0.3 is 5.97 Å². The van der Waals surface area contributed by atoms with Crippen molar-refractivity contribution >= 4 is 57.9 Å². The first kappa shape index (κ1) is 18.4. The van der Waals surface area contributed by atoms with Crippen LogP contribution in [0.5, 0.6) is 0 Å². The molecule has 1 heterocycles. The molecular weight excluding hydrogens is 369 g/mol. The largest absolute Gasteiger partial charge is 0.478 e. The molecule has 0 amide bonds. The Bertz CT molecular complexity index is 979. The van der Waals surface area contributed by atoms with E-state index in [2.05, 4.69) is 10.3 Å². The summed E-state index contributed by atoms with van der Waals surface area (Å²) in [4.78, 5) is 26.0. The molecule has 3 rings (SSSR count). The molecule has 0 saturated carbocycles. The molecule has 0 unspecified atom stereocenters. The standard InChI is InChI=1S/C16H10ClN3O4.ClH/c17-9-4-5-14-12(6-9)15(13(8-18-14)16(21)22)19-10-2-1-3-11(7-10)20(23)24;/h1-8H,(H,18,19)(H,21,22);1H. The van der Waals surface area contributed by atoms with Gasteiger partial charge in [-0.25, -0.2) is 4.79 Å². The second kappa shape index (κ2) is 7.33. The molecule has 3 aromatic rings. The van der Waals surface area contributed by atoms with Crippen LogP contribution in [0.25, 0.3) is 10.9 Å². The maximum Gasteiger partial charge on any atom is 0.339 e. The van der Waals surface area contributed by atoms with Gasteiger partial charge in [-0.05, 0) is 24.3 Å². The van der Waals surface area contributed by atoms with Crippen molar-refractivity contribution < 1.29 is 14.8 Å². The fourth-order valence-corrected chi connectivity index (χ4v) is 2.48. The highest BCUT2D eigenvalue weighted by Crippen LogP contribution is 2.31. The van der Waals surface area contributed by atoms with Gasteiger partial charge in [0.1, 0.15) is 5.56 Å². The Hall–Kier alpha value is -2.90. The minimum Gasteiger partial charge on any atom is -0.478 e. The molecule has 0 saturated heterocycles. The predicted octanol–water partition coefficient (Wildman–Crippen LogP) is 4.66. The number of fused-ring (bicyclic) bond motifs is 1. The fourth-order valence-electron chi connectivity index (χ4n) is 2.30. The number of rotatable bonds is 4. The lowest BCUT2D eigenvalue weighted by Crippen LogP contribution is -2.05. The number of benzene rings is 2. The number of carboxylic acids is 1. The second-order valence-corrected chi connectivity index (χ2v) is 5.38. The van der Waals surface area contributed by atoms with Crippen LogP contribution in [0.3, 0.4) is 0 Å². The molecule has 0 aliphatic heterocycles. The normalized spacial score (nSPS) is 10.1. The molecule has 128 valence electrons. The third-order valence-electron chi connectivity index (χ3n) is 3.39. The van der Waals surface area contributed by atoms with Crippen LogP contribution >= 0.6 is 24.0 Å². The van der Waals surface area contributed by atoms with E-state index < -0.39 is 10.9 Å². The van der Waals surface area contributed by atoms with Crippen LogP contribution in [0, 0.1) is 10.1 Å². The van der Waals surface area contributed by atoms with Crippen molar-refractivity contribution in [2.24, 2.45) is 0 Å². The predicted molar refractivity (Wildman–Crippen MR) is 97.3 cm³/mol. The molecule has 9 heteroatoms. The summed E-state index contributed by atoms with van der Waals surface area (Å²) in [6.07, 6.45) is 1.23. The lowest BCUT2D eigenvalue weighted by Gasteiger charge is -2.13. The van der Waals surface area contributed by atoms with Gasteiger partial charge in [0.2, 0.25) is 0 Å². The Morgan fingerprint density at radius 1 is 1.24 bits per heavy atom. The second-order valence-electron chi connectivity index (χ2n) is 4.95. The fraction of sp³-hybridized carbons (Fsp3) is 0. The van der Waals surface area contributed by atoms with Crippen molar-refractivity contribution in [3.63, 3.8) is 0 Å². The molecule has 0 fully saturated rings. The number of aromatic nitrogens is 1. The van der Waals surface area contributed by atoms with E-state index in [1.165, 1.54) is 24.4 Å². The number of hydrogen-bond donors (Lipinski definition) is 2. The zero-order valence-corrected chi connectivity index (χ0v) is 14.0. The maximum atomic E-state index is 11.5. The number of non-ortho nitro benzene ring substituents is 1. The van der Waals surface area contributed by atoms with Crippen LogP contribution in [0.4, 0.5) is 17.1 Å². The van der Waals surface area contributed by atoms with Gasteiger partial charge in [-0.3, -0.25) is 15.1 Å². The highest BCUT2D eigenvalue weighted by molar-refractivity contribution is 6.31. The molecule has 0 atom stereocenters. The summed E-state index contributed by atoms with van der Waals surface area (Å²) in [6, 6.07) is 10.7. The van der Waals surface area contributed by atoms with Crippen molar-refractivity contribution in [1.82, 2.24) is 4.98 Å². The van der Waals surface area contributed by atoms with Gasteiger partial charge in [-0.1, -0.05) is 17.7 Å². The first-order valence-corrected chi connectivity index (χ1v) is 7.16. The molecule has 25 heavy (non-hydrogen) atoms. The van der Waals surface area contributed by atoms with Gasteiger partial charge in [0, 0.05) is 34.4 Å². The van der Waals surface area contributed by atoms with E-state index in [1.807, 2.05) is 0 Å². The first-order valence-electron chi connectivity index (χ1n) is 6.79. The quantitative estimate of drug-likeness (QED) is 0.504. The number of anilines is 2. The van der Waals surface area contributed by atoms with Crippen molar-refractivity contribution in [2.45, 2.75) is 0 Å². The number of aromatic carboxylic acids is 1. The molecule has 1 aromatic heterocycles. The molecule has 0 aliphatic rings. The van der Waals surface area contributed by atoms with E-state index in [0.29, 0.717) is 21.6 Å². The number of nitro benzene ring substituents is 1. The topological polar surface area (TPSA) is 105 Å². The molecular formula is C16H11Cl2N3O4. The summed E-state index contributed by atoms with van der Waals surface area (Å²) in [5, 5.41) is 24.2. The Kier molecular flexibility index (Phi) is 5.41. The summed E-state index contributed by atoms with van der Waals surface area (Å²) in [7, 11) is 0. The molecule has 2 N–H and O–H groups in total. The molecule has 0 bridgehead atoms. The number of carboxylic acid groups (broad SMARTS) is 1. The zero-order chi connectivity index (χ0) is 17.3. The van der Waals surface area contributed by atoms with Crippen LogP contribution in [0.2, 0.25) is 5.02 Å². The van der Waals surface area contributed by atoms with Gasteiger partial charge in [-0.2, -0.15) is 0 Å². The van der Waals surface area contributed by atoms with Crippen molar-refractivity contribution in [3.8, 4) is 0 Å². The summed E-state index contributed by atoms with van der Waals surface area (Å²) in [6.45, 7) is 0. The maximum absolute atomic E-state index is 11.5. The molecule has 0 radical (unpaired) electrons. The van der Waals surface area contributed by atoms with Crippen LogP contribution in [0.15, 0.2) is 48.7 Å². The highest BCUT2D eigenvalue weighted by Gasteiger charge is 2.16. The summed E-state index contributed by atoms with van der Waals surface area (Å²) >= 11 is 6.00. The summed E-state index contributed by atoms with van der Waals surface area (Å²) in [5.41, 5.74) is 1.05. The Labute approximate surface area is 152 Å².